The number of anilines is 3. The van der Waals surface area contributed by atoms with Gasteiger partial charge in [0.1, 0.15) is 11.1 Å². The molecule has 156 valence electrons. The van der Waals surface area contributed by atoms with Gasteiger partial charge in [0.05, 0.1) is 17.9 Å². The summed E-state index contributed by atoms with van der Waals surface area (Å²) in [5.41, 5.74) is 1.74. The number of nitrogens with zero attached hydrogens (tertiary/aromatic N) is 4. The number of benzene rings is 1. The number of carbonyl (C=O) groups is 1. The van der Waals surface area contributed by atoms with Crippen molar-refractivity contribution in [2.45, 2.75) is 18.9 Å². The van der Waals surface area contributed by atoms with Gasteiger partial charge < -0.3 is 20.6 Å². The van der Waals surface area contributed by atoms with E-state index in [9.17, 15) is 9.90 Å². The minimum Gasteiger partial charge on any atom is -0.480 e. The number of nitrogens with one attached hydrogen (secondary N) is 3. The summed E-state index contributed by atoms with van der Waals surface area (Å²) in [5.74, 6) is 0.391. The average Bonchev–Trinajstić information content (AvgIpc) is 3.27. The highest BCUT2D eigenvalue weighted by atomic mass is 35.5. The van der Waals surface area contributed by atoms with Crippen LogP contribution in [0.15, 0.2) is 30.6 Å². The normalized spacial score (nSPS) is 23.9. The molecular weight excluding hydrogens is 406 g/mol. The third-order valence-corrected chi connectivity index (χ3v) is 6.35. The minimum atomic E-state index is -0.831. The lowest BCUT2D eigenvalue weighted by Crippen LogP contribution is -2.41. The van der Waals surface area contributed by atoms with Crippen molar-refractivity contribution < 1.29 is 9.90 Å². The fourth-order valence-electron chi connectivity index (χ4n) is 4.63. The van der Waals surface area contributed by atoms with E-state index in [0.717, 1.165) is 42.5 Å². The molecule has 5 rings (SSSR count). The minimum absolute atomic E-state index is 0.0803. The van der Waals surface area contributed by atoms with Crippen LogP contribution in [0.3, 0.4) is 0 Å². The largest absolute Gasteiger partial charge is 0.480 e. The molecule has 10 heteroatoms. The van der Waals surface area contributed by atoms with Crippen LogP contribution in [0.2, 0.25) is 5.02 Å². The van der Waals surface area contributed by atoms with E-state index >= 15 is 0 Å². The highest BCUT2D eigenvalue weighted by Gasteiger charge is 2.46. The van der Waals surface area contributed by atoms with Crippen molar-refractivity contribution in [2.75, 3.05) is 29.9 Å². The maximum absolute atomic E-state index is 12.1. The van der Waals surface area contributed by atoms with E-state index in [4.69, 9.17) is 11.6 Å². The lowest BCUT2D eigenvalue weighted by molar-refractivity contribution is -0.139. The van der Waals surface area contributed by atoms with Crippen LogP contribution in [0.1, 0.15) is 12.8 Å². The molecular formula is C20H22ClN7O2. The molecule has 3 aromatic rings. The molecule has 3 atom stereocenters. The summed E-state index contributed by atoms with van der Waals surface area (Å²) in [5, 5.41) is 24.8. The van der Waals surface area contributed by atoms with E-state index in [1.165, 1.54) is 6.20 Å². The molecule has 0 amide bonds. The molecule has 2 aliphatic heterocycles. The Morgan fingerprint density at radius 3 is 3.00 bits per heavy atom. The first-order valence-corrected chi connectivity index (χ1v) is 10.4. The predicted molar refractivity (Wildman–Crippen MR) is 114 cm³/mol. The Labute approximate surface area is 177 Å². The molecule has 2 saturated heterocycles. The number of hydrogen-bond donors (Lipinski definition) is 4. The van der Waals surface area contributed by atoms with Gasteiger partial charge in [-0.2, -0.15) is 10.1 Å². The number of aliphatic carboxylic acids is 1. The van der Waals surface area contributed by atoms with Crippen LogP contribution in [0.4, 0.5) is 17.5 Å². The van der Waals surface area contributed by atoms with Gasteiger partial charge >= 0.3 is 5.97 Å². The van der Waals surface area contributed by atoms with Crippen molar-refractivity contribution in [3.05, 3.63) is 35.6 Å². The monoisotopic (exact) mass is 427 g/mol. The predicted octanol–water partition coefficient (Wildman–Crippen LogP) is 2.64. The van der Waals surface area contributed by atoms with Crippen LogP contribution in [0.5, 0.6) is 0 Å². The van der Waals surface area contributed by atoms with Gasteiger partial charge in [0, 0.05) is 17.6 Å². The Morgan fingerprint density at radius 1 is 1.27 bits per heavy atom. The molecule has 4 heterocycles. The Morgan fingerprint density at radius 2 is 2.13 bits per heavy atom. The lowest BCUT2D eigenvalue weighted by Gasteiger charge is -2.25. The number of carboxylic acid groups (broad SMARTS) is 1. The molecule has 0 bridgehead atoms. The zero-order valence-electron chi connectivity index (χ0n) is 16.2. The molecule has 0 saturated carbocycles. The smallest absolute Gasteiger partial charge is 0.326 e. The lowest BCUT2D eigenvalue weighted by atomic mass is 9.86. The fourth-order valence-corrected chi connectivity index (χ4v) is 4.77. The molecule has 2 aromatic heterocycles. The Kier molecular flexibility index (Phi) is 4.92. The molecule has 0 unspecified atom stereocenters. The number of rotatable bonds is 4. The number of aromatic amines is 1. The average molecular weight is 428 g/mol. The van der Waals surface area contributed by atoms with Crippen LogP contribution in [-0.4, -0.2) is 56.9 Å². The van der Waals surface area contributed by atoms with Gasteiger partial charge in [0.15, 0.2) is 5.82 Å². The first-order valence-electron chi connectivity index (χ1n) is 10.0. The van der Waals surface area contributed by atoms with Gasteiger partial charge in [0.2, 0.25) is 5.95 Å². The van der Waals surface area contributed by atoms with Crippen molar-refractivity contribution >= 4 is 45.9 Å². The van der Waals surface area contributed by atoms with Crippen molar-refractivity contribution in [3.63, 3.8) is 0 Å². The molecule has 0 spiro atoms. The van der Waals surface area contributed by atoms with Crippen LogP contribution >= 0.6 is 11.6 Å². The van der Waals surface area contributed by atoms with Gasteiger partial charge in [-0.15, -0.1) is 0 Å². The van der Waals surface area contributed by atoms with Crippen LogP contribution in [0.25, 0.3) is 10.9 Å². The summed E-state index contributed by atoms with van der Waals surface area (Å²) in [6.45, 7) is 2.38. The second-order valence-electron chi connectivity index (χ2n) is 7.85. The summed E-state index contributed by atoms with van der Waals surface area (Å²) < 4.78 is 0. The maximum atomic E-state index is 12.1. The van der Waals surface area contributed by atoms with Crippen molar-refractivity contribution in [3.8, 4) is 0 Å². The van der Waals surface area contributed by atoms with E-state index in [0.29, 0.717) is 29.3 Å². The third-order valence-electron chi connectivity index (χ3n) is 6.07. The maximum Gasteiger partial charge on any atom is 0.326 e. The van der Waals surface area contributed by atoms with Crippen LogP contribution in [0, 0.1) is 11.8 Å². The van der Waals surface area contributed by atoms with Crippen LogP contribution in [-0.2, 0) is 4.79 Å². The summed E-state index contributed by atoms with van der Waals surface area (Å²) in [6, 6.07) is 5.13. The van der Waals surface area contributed by atoms with Gasteiger partial charge in [0.25, 0.3) is 0 Å². The first kappa shape index (κ1) is 19.1. The number of halogens is 1. The number of fused-ring (bicyclic) bond motifs is 2. The first-order chi connectivity index (χ1) is 14.6. The Bertz CT molecular complexity index is 1090. The number of carboxylic acids is 1. The summed E-state index contributed by atoms with van der Waals surface area (Å²) in [4.78, 5) is 22.9. The van der Waals surface area contributed by atoms with Gasteiger partial charge in [-0.25, -0.2) is 9.78 Å². The van der Waals surface area contributed by atoms with E-state index < -0.39 is 12.0 Å². The van der Waals surface area contributed by atoms with Crippen molar-refractivity contribution in [1.82, 2.24) is 25.5 Å². The van der Waals surface area contributed by atoms with Crippen molar-refractivity contribution in [2.24, 2.45) is 11.8 Å². The van der Waals surface area contributed by atoms with E-state index in [1.54, 1.807) is 6.20 Å². The van der Waals surface area contributed by atoms with Gasteiger partial charge in [-0.3, -0.25) is 5.10 Å². The molecule has 30 heavy (non-hydrogen) atoms. The molecule has 2 fully saturated rings. The number of hydrogen-bond acceptors (Lipinski definition) is 7. The summed E-state index contributed by atoms with van der Waals surface area (Å²) >= 11 is 6.34. The molecule has 9 nitrogen and oxygen atoms in total. The van der Waals surface area contributed by atoms with E-state index in [-0.39, 0.29) is 5.92 Å². The quantitative estimate of drug-likeness (QED) is 0.501. The van der Waals surface area contributed by atoms with E-state index in [1.807, 2.05) is 23.1 Å². The molecule has 4 N–H and O–H groups in total. The summed E-state index contributed by atoms with van der Waals surface area (Å²) in [6.07, 6.45) is 5.06. The highest BCUT2D eigenvalue weighted by molar-refractivity contribution is 6.32. The molecule has 1 aromatic carbocycles. The zero-order valence-corrected chi connectivity index (χ0v) is 16.9. The molecule has 0 aliphatic carbocycles. The Hall–Kier alpha value is -2.91. The zero-order chi connectivity index (χ0) is 20.7. The second-order valence-corrected chi connectivity index (χ2v) is 8.26. The van der Waals surface area contributed by atoms with E-state index in [2.05, 4.69) is 30.8 Å². The standard InChI is InChI=1S/C20H22ClN7O2/c21-15-9-23-20(26-18(15)25-13-1-2-16-12(7-13)8-24-27-16)28-10-11-3-5-22-6-4-14(11)17(28)19(29)30/h1-2,7-9,11,14,17,22H,3-6,10H2,(H,24,27)(H,29,30)(H,23,25,26)/t11-,14+,17+/m0/s1. The summed E-state index contributed by atoms with van der Waals surface area (Å²) in [7, 11) is 0. The van der Waals surface area contributed by atoms with Gasteiger partial charge in [-0.1, -0.05) is 11.6 Å². The SMILES string of the molecule is O=C(O)[C@H]1[C@@H]2CCNCC[C@H]2CN1c1ncc(Cl)c(Nc2ccc3[nH]ncc3c2)n1. The fraction of sp³-hybridized carbons (Fsp3) is 0.400. The number of aromatic nitrogens is 4. The van der Waals surface area contributed by atoms with Crippen molar-refractivity contribution in [1.29, 1.82) is 0 Å². The third kappa shape index (κ3) is 3.44. The van der Waals surface area contributed by atoms with Crippen LogP contribution < -0.4 is 15.5 Å². The molecule has 0 radical (unpaired) electrons. The van der Waals surface area contributed by atoms with Gasteiger partial charge in [-0.05, 0) is 56.0 Å². The number of H-pyrrole nitrogens is 1. The molecule has 2 aliphatic rings. The Balaban J connectivity index is 1.45. The topological polar surface area (TPSA) is 119 Å². The second kappa shape index (κ2) is 7.73. The highest BCUT2D eigenvalue weighted by Crippen LogP contribution is 2.38.